The van der Waals surface area contributed by atoms with Gasteiger partial charge in [0, 0.05) is 12.4 Å². The van der Waals surface area contributed by atoms with Gasteiger partial charge >= 0.3 is 5.97 Å². The molecule has 118 valence electrons. The van der Waals surface area contributed by atoms with Crippen LogP contribution in [0.25, 0.3) is 0 Å². The van der Waals surface area contributed by atoms with E-state index in [4.69, 9.17) is 21.4 Å². The largest absolute Gasteiger partial charge is 0.480 e. The quantitative estimate of drug-likeness (QED) is 0.621. The van der Waals surface area contributed by atoms with Crippen molar-refractivity contribution in [2.45, 2.75) is 0 Å². The van der Waals surface area contributed by atoms with Crippen molar-refractivity contribution < 1.29 is 19.4 Å². The molecule has 2 aromatic rings. The van der Waals surface area contributed by atoms with E-state index < -0.39 is 12.6 Å². The van der Waals surface area contributed by atoms with Gasteiger partial charge in [-0.05, 0) is 35.9 Å². The number of carbonyl (C=O) groups excluding carboxylic acids is 1. The number of rotatable bonds is 6. The van der Waals surface area contributed by atoms with Gasteiger partial charge in [-0.15, -0.1) is 0 Å². The molecule has 1 heterocycles. The number of hydrogen-bond donors (Lipinski definition) is 2. The molecule has 0 saturated carbocycles. The molecule has 0 radical (unpaired) electrons. The SMILES string of the molecule is O=C(O)COc1ccc(/C=N\NC(=O)c2cccnc2)cc1Cl. The number of carbonyl (C=O) groups is 2. The van der Waals surface area contributed by atoms with Crippen LogP contribution in [0.3, 0.4) is 0 Å². The highest BCUT2D eigenvalue weighted by Crippen LogP contribution is 2.24. The van der Waals surface area contributed by atoms with Crippen molar-refractivity contribution in [3.63, 3.8) is 0 Å². The van der Waals surface area contributed by atoms with Gasteiger partial charge in [-0.3, -0.25) is 9.78 Å². The van der Waals surface area contributed by atoms with Crippen molar-refractivity contribution in [1.29, 1.82) is 0 Å². The Labute approximate surface area is 136 Å². The molecule has 0 spiro atoms. The second kappa shape index (κ2) is 7.90. The van der Waals surface area contributed by atoms with Crippen LogP contribution in [-0.4, -0.2) is 34.8 Å². The summed E-state index contributed by atoms with van der Waals surface area (Å²) in [5.74, 6) is -1.22. The third-order valence-electron chi connectivity index (χ3n) is 2.61. The lowest BCUT2D eigenvalue weighted by molar-refractivity contribution is -0.139. The maximum atomic E-state index is 11.7. The van der Waals surface area contributed by atoms with Crippen LogP contribution in [0.2, 0.25) is 5.02 Å². The molecular weight excluding hydrogens is 322 g/mol. The first-order valence-electron chi connectivity index (χ1n) is 6.44. The van der Waals surface area contributed by atoms with E-state index in [-0.39, 0.29) is 16.7 Å². The van der Waals surface area contributed by atoms with Gasteiger partial charge in [-0.25, -0.2) is 10.2 Å². The first kappa shape index (κ1) is 16.4. The second-order valence-electron chi connectivity index (χ2n) is 4.31. The average Bonchev–Trinajstić information content (AvgIpc) is 2.54. The maximum Gasteiger partial charge on any atom is 0.341 e. The predicted molar refractivity (Wildman–Crippen MR) is 83.9 cm³/mol. The maximum absolute atomic E-state index is 11.7. The first-order valence-corrected chi connectivity index (χ1v) is 6.81. The van der Waals surface area contributed by atoms with Crippen LogP contribution in [0.5, 0.6) is 5.75 Å². The number of aromatic nitrogens is 1. The highest BCUT2D eigenvalue weighted by atomic mass is 35.5. The third-order valence-corrected chi connectivity index (χ3v) is 2.91. The summed E-state index contributed by atoms with van der Waals surface area (Å²) < 4.78 is 5.00. The van der Waals surface area contributed by atoms with Crippen LogP contribution in [0.4, 0.5) is 0 Å². The van der Waals surface area contributed by atoms with Crippen molar-refractivity contribution in [2.24, 2.45) is 5.10 Å². The molecule has 0 saturated heterocycles. The van der Waals surface area contributed by atoms with Gasteiger partial charge < -0.3 is 9.84 Å². The number of pyridine rings is 1. The molecule has 0 unspecified atom stereocenters. The van der Waals surface area contributed by atoms with E-state index in [2.05, 4.69) is 15.5 Å². The Kier molecular flexibility index (Phi) is 5.65. The summed E-state index contributed by atoms with van der Waals surface area (Å²) in [6, 6.07) is 7.95. The van der Waals surface area contributed by atoms with Crippen molar-refractivity contribution >= 4 is 29.7 Å². The molecular formula is C15H12ClN3O4. The molecule has 0 aliphatic carbocycles. The third kappa shape index (κ3) is 5.08. The lowest BCUT2D eigenvalue weighted by atomic mass is 10.2. The van der Waals surface area contributed by atoms with E-state index in [1.807, 2.05) is 0 Å². The molecule has 1 aromatic carbocycles. The lowest BCUT2D eigenvalue weighted by Gasteiger charge is -2.05. The molecule has 23 heavy (non-hydrogen) atoms. The summed E-state index contributed by atoms with van der Waals surface area (Å²) in [7, 11) is 0. The Morgan fingerprint density at radius 3 is 2.87 bits per heavy atom. The first-order chi connectivity index (χ1) is 11.1. The molecule has 0 aliphatic heterocycles. The topological polar surface area (TPSA) is 101 Å². The summed E-state index contributed by atoms with van der Waals surface area (Å²) in [4.78, 5) is 26.0. The van der Waals surface area contributed by atoms with Gasteiger partial charge in [0.25, 0.3) is 5.91 Å². The Balaban J connectivity index is 1.96. The number of hydrogen-bond acceptors (Lipinski definition) is 5. The molecule has 2 rings (SSSR count). The molecule has 7 nitrogen and oxygen atoms in total. The fourth-order valence-electron chi connectivity index (χ4n) is 1.58. The monoisotopic (exact) mass is 333 g/mol. The van der Waals surface area contributed by atoms with E-state index in [9.17, 15) is 9.59 Å². The highest BCUT2D eigenvalue weighted by molar-refractivity contribution is 6.32. The van der Waals surface area contributed by atoms with Crippen LogP contribution >= 0.6 is 11.6 Å². The summed E-state index contributed by atoms with van der Waals surface area (Å²) in [6.07, 6.45) is 4.40. The summed E-state index contributed by atoms with van der Waals surface area (Å²) in [5, 5.41) is 12.6. The minimum atomic E-state index is -1.09. The Bertz CT molecular complexity index is 735. The van der Waals surface area contributed by atoms with E-state index in [0.717, 1.165) is 0 Å². The number of ether oxygens (including phenoxy) is 1. The zero-order valence-electron chi connectivity index (χ0n) is 11.8. The summed E-state index contributed by atoms with van der Waals surface area (Å²) >= 11 is 5.98. The van der Waals surface area contributed by atoms with Crippen LogP contribution in [0.1, 0.15) is 15.9 Å². The fraction of sp³-hybridized carbons (Fsp3) is 0.0667. The van der Waals surface area contributed by atoms with Crippen molar-refractivity contribution in [3.05, 3.63) is 58.9 Å². The number of halogens is 1. The number of benzene rings is 1. The van der Waals surface area contributed by atoms with Gasteiger partial charge in [0.1, 0.15) is 5.75 Å². The minimum absolute atomic E-state index is 0.244. The van der Waals surface area contributed by atoms with Crippen molar-refractivity contribution in [2.75, 3.05) is 6.61 Å². The Hall–Kier alpha value is -2.93. The van der Waals surface area contributed by atoms with Gasteiger partial charge in [0.15, 0.2) is 6.61 Å². The van der Waals surface area contributed by atoms with Crippen molar-refractivity contribution in [3.8, 4) is 5.75 Å². The highest BCUT2D eigenvalue weighted by Gasteiger charge is 2.05. The van der Waals surface area contributed by atoms with Crippen LogP contribution in [-0.2, 0) is 4.79 Å². The predicted octanol–water partition coefficient (Wildman–Crippen LogP) is 1.96. The minimum Gasteiger partial charge on any atom is -0.480 e. The summed E-state index contributed by atoms with van der Waals surface area (Å²) in [5.41, 5.74) is 3.36. The molecule has 8 heteroatoms. The molecule has 1 amide bonds. The Morgan fingerprint density at radius 1 is 1.39 bits per heavy atom. The number of aliphatic carboxylic acids is 1. The Morgan fingerprint density at radius 2 is 2.22 bits per heavy atom. The van der Waals surface area contributed by atoms with E-state index in [1.54, 1.807) is 30.5 Å². The molecule has 0 atom stereocenters. The fourth-order valence-corrected chi connectivity index (χ4v) is 1.82. The van der Waals surface area contributed by atoms with Crippen LogP contribution in [0, 0.1) is 0 Å². The normalized spacial score (nSPS) is 10.5. The average molecular weight is 334 g/mol. The smallest absolute Gasteiger partial charge is 0.341 e. The lowest BCUT2D eigenvalue weighted by Crippen LogP contribution is -2.17. The van der Waals surface area contributed by atoms with Gasteiger partial charge in [0.05, 0.1) is 16.8 Å². The number of hydrazone groups is 1. The standard InChI is InChI=1S/C15H12ClN3O4/c16-12-6-10(3-4-13(12)23-9-14(20)21)7-18-19-15(22)11-2-1-5-17-8-11/h1-8H,9H2,(H,19,22)(H,20,21)/b18-7-. The molecule has 2 N–H and O–H groups in total. The van der Waals surface area contributed by atoms with E-state index in [0.29, 0.717) is 11.1 Å². The van der Waals surface area contributed by atoms with Crippen LogP contribution < -0.4 is 10.2 Å². The van der Waals surface area contributed by atoms with Gasteiger partial charge in [0.2, 0.25) is 0 Å². The number of nitrogens with one attached hydrogen (secondary N) is 1. The zero-order valence-corrected chi connectivity index (χ0v) is 12.5. The number of carboxylic acids is 1. The van der Waals surface area contributed by atoms with Crippen molar-refractivity contribution in [1.82, 2.24) is 10.4 Å². The zero-order chi connectivity index (χ0) is 16.7. The number of amides is 1. The number of carboxylic acid groups (broad SMARTS) is 1. The molecule has 1 aromatic heterocycles. The van der Waals surface area contributed by atoms with E-state index in [1.165, 1.54) is 18.5 Å². The van der Waals surface area contributed by atoms with E-state index >= 15 is 0 Å². The molecule has 0 fully saturated rings. The number of nitrogens with zero attached hydrogens (tertiary/aromatic N) is 2. The molecule has 0 aliphatic rings. The van der Waals surface area contributed by atoms with Crippen LogP contribution in [0.15, 0.2) is 47.8 Å². The molecule has 0 bridgehead atoms. The summed E-state index contributed by atoms with van der Waals surface area (Å²) in [6.45, 7) is -0.478. The van der Waals surface area contributed by atoms with Gasteiger partial charge in [-0.1, -0.05) is 11.6 Å². The van der Waals surface area contributed by atoms with Gasteiger partial charge in [-0.2, -0.15) is 5.10 Å². The second-order valence-corrected chi connectivity index (χ2v) is 4.72.